The molecule has 0 saturated carbocycles. The van der Waals surface area contributed by atoms with Crippen LogP contribution in [0.2, 0.25) is 0 Å². The number of halogens is 9. The molecule has 0 unspecified atom stereocenters. The van der Waals surface area contributed by atoms with Crippen molar-refractivity contribution in [2.45, 2.75) is 55.9 Å². The third-order valence-corrected chi connectivity index (χ3v) is 7.56. The molecule has 266 valence electrons. The van der Waals surface area contributed by atoms with Crippen LogP contribution in [0.25, 0.3) is 0 Å². The van der Waals surface area contributed by atoms with Gasteiger partial charge in [0.25, 0.3) is 11.4 Å². The average Bonchev–Trinajstić information content (AvgIpc) is 3.20. The van der Waals surface area contributed by atoms with E-state index in [1.54, 1.807) is 0 Å². The van der Waals surface area contributed by atoms with Gasteiger partial charge in [-0.15, -0.1) is 0 Å². The summed E-state index contributed by atoms with van der Waals surface area (Å²) < 4.78 is 130. The second kappa shape index (κ2) is 13.3. The van der Waals surface area contributed by atoms with Crippen LogP contribution in [-0.4, -0.2) is 58.9 Å². The molecule has 0 bridgehead atoms. The number of alkyl halides is 9. The van der Waals surface area contributed by atoms with E-state index in [4.69, 9.17) is 9.47 Å². The Morgan fingerprint density at radius 3 is 1.16 bits per heavy atom. The third kappa shape index (κ3) is 7.19. The molecule has 0 amide bonds. The van der Waals surface area contributed by atoms with Crippen molar-refractivity contribution < 1.29 is 68.8 Å². The van der Waals surface area contributed by atoms with Crippen LogP contribution in [-0.2, 0) is 37.6 Å². The van der Waals surface area contributed by atoms with Gasteiger partial charge in [0, 0.05) is 17.1 Å². The highest BCUT2D eigenvalue weighted by atomic mass is 19.4. The smallest absolute Gasteiger partial charge is 0.416 e. The maximum absolute atomic E-state index is 13.7. The predicted octanol–water partition coefficient (Wildman–Crippen LogP) is 6.03. The Labute approximate surface area is 272 Å². The Bertz CT molecular complexity index is 1540. The normalized spacial score (nSPS) is 22.8. The lowest BCUT2D eigenvalue weighted by atomic mass is 9.95. The SMILES string of the molecule is CCOC(=O)[C@@]1(O)[C@H](Nc2ccc(C(F)(F)F)cc2)[C@@H](Nc2ccc(C(F)(F)F)cc2)[C@](O)(C(=O)OCC)N1c1ccc(C(F)(F)F)cc1. The number of carbonyl (C=O) groups is 2. The molecule has 0 spiro atoms. The lowest BCUT2D eigenvalue weighted by Gasteiger charge is -2.41. The van der Waals surface area contributed by atoms with Crippen molar-refractivity contribution in [2.24, 2.45) is 0 Å². The zero-order chi connectivity index (χ0) is 36.6. The molecule has 1 aliphatic heterocycles. The Morgan fingerprint density at radius 1 is 0.612 bits per heavy atom. The largest absolute Gasteiger partial charge is 0.462 e. The molecule has 4 N–H and O–H groups in total. The van der Waals surface area contributed by atoms with Crippen LogP contribution < -0.4 is 15.5 Å². The second-order valence-electron chi connectivity index (χ2n) is 10.7. The quantitative estimate of drug-likeness (QED) is 0.156. The van der Waals surface area contributed by atoms with Crippen molar-refractivity contribution in [3.05, 3.63) is 89.5 Å². The van der Waals surface area contributed by atoms with Gasteiger partial charge < -0.3 is 30.3 Å². The Morgan fingerprint density at radius 2 is 0.898 bits per heavy atom. The predicted molar refractivity (Wildman–Crippen MR) is 155 cm³/mol. The van der Waals surface area contributed by atoms with Crippen LogP contribution >= 0.6 is 0 Å². The first-order chi connectivity index (χ1) is 22.7. The van der Waals surface area contributed by atoms with E-state index in [1.807, 2.05) is 0 Å². The van der Waals surface area contributed by atoms with Crippen LogP contribution in [0.3, 0.4) is 0 Å². The molecule has 1 aliphatic rings. The van der Waals surface area contributed by atoms with Crippen LogP contribution in [0, 0.1) is 0 Å². The summed E-state index contributed by atoms with van der Waals surface area (Å²) in [7, 11) is 0. The molecule has 3 aromatic rings. The summed E-state index contributed by atoms with van der Waals surface area (Å²) in [6.45, 7) is 1.77. The van der Waals surface area contributed by atoms with E-state index in [1.165, 1.54) is 13.8 Å². The Kier molecular flexibility index (Phi) is 10.1. The van der Waals surface area contributed by atoms with Gasteiger partial charge in [0.2, 0.25) is 0 Å². The van der Waals surface area contributed by atoms with Gasteiger partial charge in [-0.2, -0.15) is 39.5 Å². The van der Waals surface area contributed by atoms with E-state index >= 15 is 0 Å². The van der Waals surface area contributed by atoms with Crippen molar-refractivity contribution in [3.63, 3.8) is 0 Å². The molecule has 1 fully saturated rings. The van der Waals surface area contributed by atoms with E-state index in [0.717, 1.165) is 24.3 Å². The zero-order valence-corrected chi connectivity index (χ0v) is 25.4. The fourth-order valence-electron chi connectivity index (χ4n) is 5.35. The summed E-state index contributed by atoms with van der Waals surface area (Å²) in [5, 5.41) is 29.8. The summed E-state index contributed by atoms with van der Waals surface area (Å²) in [6.07, 6.45) is -14.4. The van der Waals surface area contributed by atoms with E-state index in [2.05, 4.69) is 10.6 Å². The molecule has 1 heterocycles. The van der Waals surface area contributed by atoms with Crippen LogP contribution in [0.4, 0.5) is 56.6 Å². The molecule has 0 radical (unpaired) electrons. The molecular weight excluding hydrogens is 681 g/mol. The standard InChI is InChI=1S/C31H28F9N3O6/c1-3-48-25(44)27(46)23(41-20-11-5-17(6-12-20)29(32,33)34)24(42-21-13-7-18(8-14-21)30(35,36)37)28(47,26(45)49-4-2)43(27)22-15-9-19(10-16-22)31(38,39)40/h5-16,23-24,41-42,46-47H,3-4H2,1-2H3/t23-,24-,27+,28+/m1/s1. The first-order valence-electron chi connectivity index (χ1n) is 14.3. The summed E-state index contributed by atoms with van der Waals surface area (Å²) in [4.78, 5) is 27.7. The summed E-state index contributed by atoms with van der Waals surface area (Å²) in [5.74, 6) is -3.17. The van der Waals surface area contributed by atoms with Crippen molar-refractivity contribution >= 4 is 29.0 Å². The lowest BCUT2D eigenvalue weighted by Crippen LogP contribution is -2.66. The topological polar surface area (TPSA) is 120 Å². The minimum absolute atomic E-state index is 0.236. The van der Waals surface area contributed by atoms with Crippen LogP contribution in [0.15, 0.2) is 72.8 Å². The highest BCUT2D eigenvalue weighted by molar-refractivity contribution is 5.95. The maximum Gasteiger partial charge on any atom is 0.416 e. The van der Waals surface area contributed by atoms with Gasteiger partial charge in [0.15, 0.2) is 0 Å². The van der Waals surface area contributed by atoms with E-state index < -0.39 is 89.6 Å². The van der Waals surface area contributed by atoms with Gasteiger partial charge in [-0.25, -0.2) is 9.59 Å². The minimum Gasteiger partial charge on any atom is -0.462 e. The second-order valence-corrected chi connectivity index (χ2v) is 10.7. The number of nitrogens with one attached hydrogen (secondary N) is 2. The number of hydrogen-bond acceptors (Lipinski definition) is 9. The van der Waals surface area contributed by atoms with E-state index in [9.17, 15) is 59.3 Å². The number of anilines is 3. The molecule has 1 saturated heterocycles. The van der Waals surface area contributed by atoms with Gasteiger partial charge in [0.1, 0.15) is 12.1 Å². The van der Waals surface area contributed by atoms with Gasteiger partial charge in [0.05, 0.1) is 29.9 Å². The number of nitrogens with zero attached hydrogens (tertiary/aromatic N) is 1. The molecule has 4 atom stereocenters. The number of carbonyl (C=O) groups excluding carboxylic acids is 2. The molecule has 4 rings (SSSR count). The van der Waals surface area contributed by atoms with Crippen molar-refractivity contribution in [3.8, 4) is 0 Å². The fourth-order valence-corrected chi connectivity index (χ4v) is 5.35. The van der Waals surface area contributed by atoms with Gasteiger partial charge >= 0.3 is 30.5 Å². The first kappa shape index (κ1) is 37.1. The molecular formula is C31H28F9N3O6. The molecule has 0 aromatic heterocycles. The highest BCUT2D eigenvalue weighted by Crippen LogP contribution is 2.47. The number of esters is 2. The molecule has 18 heteroatoms. The Balaban J connectivity index is 1.99. The number of benzene rings is 3. The lowest BCUT2D eigenvalue weighted by molar-refractivity contribution is -0.172. The monoisotopic (exact) mass is 709 g/mol. The average molecular weight is 710 g/mol. The Hall–Kier alpha value is -4.71. The van der Waals surface area contributed by atoms with Crippen LogP contribution in [0.5, 0.6) is 0 Å². The van der Waals surface area contributed by atoms with E-state index in [0.29, 0.717) is 53.4 Å². The van der Waals surface area contributed by atoms with Gasteiger partial charge in [-0.1, -0.05) is 0 Å². The van der Waals surface area contributed by atoms with Crippen molar-refractivity contribution in [2.75, 3.05) is 28.7 Å². The van der Waals surface area contributed by atoms with Crippen LogP contribution in [0.1, 0.15) is 30.5 Å². The molecule has 3 aromatic carbocycles. The zero-order valence-electron chi connectivity index (χ0n) is 25.4. The number of hydrogen-bond donors (Lipinski definition) is 4. The van der Waals surface area contributed by atoms with E-state index in [-0.39, 0.29) is 11.4 Å². The summed E-state index contributed by atoms with van der Waals surface area (Å²) in [6, 6.07) is 4.37. The molecule has 0 aliphatic carbocycles. The number of ether oxygens (including phenoxy) is 2. The fraction of sp³-hybridized carbons (Fsp3) is 0.355. The number of aliphatic hydroxyl groups is 2. The van der Waals surface area contributed by atoms with Crippen molar-refractivity contribution in [1.29, 1.82) is 0 Å². The first-order valence-corrected chi connectivity index (χ1v) is 14.3. The van der Waals surface area contributed by atoms with Gasteiger partial charge in [-0.05, 0) is 86.6 Å². The molecule has 49 heavy (non-hydrogen) atoms. The third-order valence-electron chi connectivity index (χ3n) is 7.56. The minimum atomic E-state index is -4.86. The molecule has 9 nitrogen and oxygen atoms in total. The van der Waals surface area contributed by atoms with Crippen molar-refractivity contribution in [1.82, 2.24) is 0 Å². The van der Waals surface area contributed by atoms with Gasteiger partial charge in [-0.3, -0.25) is 4.90 Å². The highest BCUT2D eigenvalue weighted by Gasteiger charge is 2.74. The number of rotatable bonds is 9. The summed E-state index contributed by atoms with van der Waals surface area (Å²) in [5.41, 5.74) is -11.0. The maximum atomic E-state index is 13.7. The summed E-state index contributed by atoms with van der Waals surface area (Å²) >= 11 is 0.